The molecule has 0 aliphatic heterocycles. The van der Waals surface area contributed by atoms with E-state index in [1.54, 1.807) is 0 Å². The third kappa shape index (κ3) is 3.87. The number of hydrogen-bond donors (Lipinski definition) is 2. The maximum atomic E-state index is 12.8. The van der Waals surface area contributed by atoms with Crippen LogP contribution in [0.5, 0.6) is 0 Å². The molecule has 0 spiro atoms. The minimum absolute atomic E-state index is 0.0975. The van der Waals surface area contributed by atoms with Gasteiger partial charge in [-0.05, 0) is 48.5 Å². The fraction of sp³-hybridized carbons (Fsp3) is 0.0667. The predicted octanol–water partition coefficient (Wildman–Crippen LogP) is 2.41. The molecule has 2 rings (SSSR count). The van der Waals surface area contributed by atoms with Crippen molar-refractivity contribution < 1.29 is 19.1 Å². The number of Topliss-reactive ketones (excluding diaryl/α,β-unsaturated/α-hetero) is 1. The zero-order chi connectivity index (χ0) is 15.4. The molecule has 0 aliphatic carbocycles. The van der Waals surface area contributed by atoms with Gasteiger partial charge < -0.3 is 10.4 Å². The van der Waals surface area contributed by atoms with Crippen molar-refractivity contribution in [1.29, 1.82) is 0 Å². The monoisotopic (exact) mass is 307 g/mol. The molecule has 0 saturated carbocycles. The molecule has 2 aromatic rings. The lowest BCUT2D eigenvalue weighted by Gasteiger charge is -2.12. The number of aliphatic hydroxyl groups excluding tert-OH is 1. The van der Waals surface area contributed by atoms with Gasteiger partial charge in [-0.2, -0.15) is 0 Å². The summed E-state index contributed by atoms with van der Waals surface area (Å²) in [6, 6.07) is 10.6. The van der Waals surface area contributed by atoms with Gasteiger partial charge in [-0.3, -0.25) is 9.59 Å². The standard InChI is InChI=1S/C15H11ClFNO3/c16-11-5-1-10(2-6-11)14(20)18-15(21)13(19)9-3-7-12(17)8-4-9/h1-8,15,21H,(H,18,20)/t15-/m0/s1. The van der Waals surface area contributed by atoms with Crippen LogP contribution in [-0.4, -0.2) is 23.0 Å². The summed E-state index contributed by atoms with van der Waals surface area (Å²) in [5.74, 6) is -1.84. The Balaban J connectivity index is 2.05. The SMILES string of the molecule is O=C(N[C@@H](O)C(=O)c1ccc(F)cc1)c1ccc(Cl)cc1. The van der Waals surface area contributed by atoms with E-state index in [0.29, 0.717) is 5.02 Å². The predicted molar refractivity (Wildman–Crippen MR) is 75.7 cm³/mol. The fourth-order valence-electron chi connectivity index (χ4n) is 1.65. The number of aliphatic hydroxyl groups is 1. The third-order valence-corrected chi connectivity index (χ3v) is 3.00. The van der Waals surface area contributed by atoms with Crippen molar-refractivity contribution in [1.82, 2.24) is 5.32 Å². The highest BCUT2D eigenvalue weighted by Gasteiger charge is 2.20. The van der Waals surface area contributed by atoms with Gasteiger partial charge in [-0.25, -0.2) is 4.39 Å². The molecule has 0 aromatic heterocycles. The van der Waals surface area contributed by atoms with Crippen LogP contribution >= 0.6 is 11.6 Å². The molecule has 1 amide bonds. The van der Waals surface area contributed by atoms with Crippen molar-refractivity contribution in [2.24, 2.45) is 0 Å². The molecule has 0 aliphatic rings. The smallest absolute Gasteiger partial charge is 0.253 e. The number of halogens is 2. The van der Waals surface area contributed by atoms with Crippen LogP contribution in [0.3, 0.4) is 0 Å². The highest BCUT2D eigenvalue weighted by molar-refractivity contribution is 6.30. The molecule has 2 N–H and O–H groups in total. The van der Waals surface area contributed by atoms with Gasteiger partial charge in [-0.1, -0.05) is 11.6 Å². The van der Waals surface area contributed by atoms with Gasteiger partial charge in [0.15, 0.2) is 6.23 Å². The fourth-order valence-corrected chi connectivity index (χ4v) is 1.77. The Hall–Kier alpha value is -2.24. The van der Waals surface area contributed by atoms with Crippen LogP contribution in [0.1, 0.15) is 20.7 Å². The first-order chi connectivity index (χ1) is 9.97. The van der Waals surface area contributed by atoms with Crippen LogP contribution in [0.25, 0.3) is 0 Å². The average molecular weight is 308 g/mol. The average Bonchev–Trinajstić information content (AvgIpc) is 2.47. The zero-order valence-corrected chi connectivity index (χ0v) is 11.5. The first-order valence-electron chi connectivity index (χ1n) is 6.01. The van der Waals surface area contributed by atoms with Gasteiger partial charge >= 0.3 is 0 Å². The normalized spacial score (nSPS) is 11.8. The van der Waals surface area contributed by atoms with E-state index in [1.165, 1.54) is 36.4 Å². The summed E-state index contributed by atoms with van der Waals surface area (Å²) in [6.45, 7) is 0. The van der Waals surface area contributed by atoms with Crippen molar-refractivity contribution in [2.45, 2.75) is 6.23 Å². The number of ketones is 1. The Bertz CT molecular complexity index is 656. The van der Waals surface area contributed by atoms with Gasteiger partial charge in [0.25, 0.3) is 5.91 Å². The topological polar surface area (TPSA) is 66.4 Å². The first kappa shape index (κ1) is 15.2. The van der Waals surface area contributed by atoms with Crippen LogP contribution < -0.4 is 5.32 Å². The molecule has 4 nitrogen and oxygen atoms in total. The largest absolute Gasteiger partial charge is 0.367 e. The van der Waals surface area contributed by atoms with Gasteiger partial charge in [0.05, 0.1) is 0 Å². The minimum atomic E-state index is -1.71. The molecule has 0 heterocycles. The number of nitrogens with one attached hydrogen (secondary N) is 1. The van der Waals surface area contributed by atoms with Crippen LogP contribution in [0, 0.1) is 5.82 Å². The number of carbonyl (C=O) groups excluding carboxylic acids is 2. The van der Waals surface area contributed by atoms with E-state index < -0.39 is 23.7 Å². The van der Waals surface area contributed by atoms with E-state index in [-0.39, 0.29) is 11.1 Å². The lowest BCUT2D eigenvalue weighted by atomic mass is 10.1. The zero-order valence-electron chi connectivity index (χ0n) is 10.7. The number of rotatable bonds is 4. The summed E-state index contributed by atoms with van der Waals surface area (Å²) in [5, 5.41) is 12.4. The Labute approximate surface area is 125 Å². The molecular weight excluding hydrogens is 297 g/mol. The molecule has 0 fully saturated rings. The highest BCUT2D eigenvalue weighted by Crippen LogP contribution is 2.10. The van der Waals surface area contributed by atoms with E-state index in [1.807, 2.05) is 0 Å². The Morgan fingerprint density at radius 2 is 1.52 bits per heavy atom. The van der Waals surface area contributed by atoms with Gasteiger partial charge in [-0.15, -0.1) is 0 Å². The highest BCUT2D eigenvalue weighted by atomic mass is 35.5. The Morgan fingerprint density at radius 1 is 1.00 bits per heavy atom. The quantitative estimate of drug-likeness (QED) is 0.673. The van der Waals surface area contributed by atoms with E-state index in [9.17, 15) is 19.1 Å². The lowest BCUT2D eigenvalue weighted by Crippen LogP contribution is -2.40. The second-order valence-corrected chi connectivity index (χ2v) is 4.69. The molecular formula is C15H11ClFNO3. The lowest BCUT2D eigenvalue weighted by molar-refractivity contribution is 0.0607. The minimum Gasteiger partial charge on any atom is -0.367 e. The maximum Gasteiger partial charge on any atom is 0.253 e. The number of benzene rings is 2. The van der Waals surface area contributed by atoms with Crippen LogP contribution in [0.4, 0.5) is 4.39 Å². The maximum absolute atomic E-state index is 12.8. The number of amides is 1. The molecule has 0 saturated heterocycles. The van der Waals surface area contributed by atoms with Crippen molar-refractivity contribution in [3.05, 3.63) is 70.5 Å². The first-order valence-corrected chi connectivity index (χ1v) is 6.39. The Kier molecular flexibility index (Phi) is 4.67. The summed E-state index contributed by atoms with van der Waals surface area (Å²) in [7, 11) is 0. The van der Waals surface area contributed by atoms with Gasteiger partial charge in [0.1, 0.15) is 5.82 Å². The second kappa shape index (κ2) is 6.47. The summed E-state index contributed by atoms with van der Waals surface area (Å²) >= 11 is 5.70. The Morgan fingerprint density at radius 3 is 2.10 bits per heavy atom. The van der Waals surface area contributed by atoms with Crippen LogP contribution in [-0.2, 0) is 0 Å². The second-order valence-electron chi connectivity index (χ2n) is 4.25. The molecule has 0 unspecified atom stereocenters. The van der Waals surface area contributed by atoms with E-state index in [4.69, 9.17) is 11.6 Å². The van der Waals surface area contributed by atoms with Crippen molar-refractivity contribution in [3.8, 4) is 0 Å². The summed E-state index contributed by atoms with van der Waals surface area (Å²) in [5.41, 5.74) is 0.352. The molecule has 108 valence electrons. The molecule has 0 bridgehead atoms. The van der Waals surface area contributed by atoms with Crippen LogP contribution in [0.15, 0.2) is 48.5 Å². The van der Waals surface area contributed by atoms with E-state index >= 15 is 0 Å². The van der Waals surface area contributed by atoms with Crippen molar-refractivity contribution in [2.75, 3.05) is 0 Å². The molecule has 21 heavy (non-hydrogen) atoms. The summed E-state index contributed by atoms with van der Waals surface area (Å²) in [4.78, 5) is 23.7. The number of hydrogen-bond acceptors (Lipinski definition) is 3. The third-order valence-electron chi connectivity index (χ3n) is 2.75. The molecule has 1 atom stereocenters. The number of carbonyl (C=O) groups is 2. The van der Waals surface area contributed by atoms with Gasteiger partial charge in [0, 0.05) is 16.1 Å². The van der Waals surface area contributed by atoms with Gasteiger partial charge in [0.2, 0.25) is 5.78 Å². The van der Waals surface area contributed by atoms with Crippen LogP contribution in [0.2, 0.25) is 5.02 Å². The van der Waals surface area contributed by atoms with E-state index in [2.05, 4.69) is 5.32 Å². The molecule has 2 aromatic carbocycles. The van der Waals surface area contributed by atoms with Crippen molar-refractivity contribution >= 4 is 23.3 Å². The molecule has 6 heteroatoms. The van der Waals surface area contributed by atoms with E-state index in [0.717, 1.165) is 12.1 Å². The summed E-state index contributed by atoms with van der Waals surface area (Å²) < 4.78 is 12.8. The van der Waals surface area contributed by atoms with Crippen molar-refractivity contribution in [3.63, 3.8) is 0 Å². The molecule has 0 radical (unpaired) electrons. The summed E-state index contributed by atoms with van der Waals surface area (Å²) in [6.07, 6.45) is -1.71.